The van der Waals surface area contributed by atoms with Crippen molar-refractivity contribution in [3.05, 3.63) is 102 Å². The molecule has 0 spiro atoms. The van der Waals surface area contributed by atoms with Crippen LogP contribution in [-0.4, -0.2) is 15.0 Å². The summed E-state index contributed by atoms with van der Waals surface area (Å²) in [6.07, 6.45) is 1.99. The van der Waals surface area contributed by atoms with E-state index in [4.69, 9.17) is 15.0 Å². The average molecular weight is 399 g/mol. The molecule has 0 radical (unpaired) electrons. The Bertz CT molecular complexity index is 1440. The van der Waals surface area contributed by atoms with Gasteiger partial charge in [0.25, 0.3) is 0 Å². The monoisotopic (exact) mass is 399 g/mol. The van der Waals surface area contributed by atoms with Crippen LogP contribution in [0.25, 0.3) is 44.8 Å². The van der Waals surface area contributed by atoms with Crippen LogP contribution in [0.3, 0.4) is 0 Å². The Morgan fingerprint density at radius 3 is 1.97 bits per heavy atom. The number of fused-ring (bicyclic) bond motifs is 5. The van der Waals surface area contributed by atoms with Gasteiger partial charge in [0.05, 0.1) is 16.9 Å². The molecule has 1 aliphatic rings. The summed E-state index contributed by atoms with van der Waals surface area (Å²) < 4.78 is 0. The lowest BCUT2D eigenvalue weighted by atomic mass is 9.79. The van der Waals surface area contributed by atoms with Crippen LogP contribution in [0.2, 0.25) is 0 Å². The number of aromatic nitrogens is 3. The number of rotatable bonds is 2. The Hall–Kier alpha value is -3.85. The van der Waals surface area contributed by atoms with Crippen LogP contribution < -0.4 is 0 Å². The van der Waals surface area contributed by atoms with E-state index in [2.05, 4.69) is 68.4 Å². The third-order valence-corrected chi connectivity index (χ3v) is 6.27. The van der Waals surface area contributed by atoms with Crippen molar-refractivity contribution in [2.45, 2.75) is 19.3 Å². The van der Waals surface area contributed by atoms with Crippen molar-refractivity contribution < 1.29 is 0 Å². The minimum Gasteiger partial charge on any atom is -0.256 e. The van der Waals surface area contributed by atoms with Gasteiger partial charge in [0.1, 0.15) is 0 Å². The van der Waals surface area contributed by atoms with Crippen LogP contribution in [0.4, 0.5) is 0 Å². The van der Waals surface area contributed by atoms with E-state index in [0.717, 1.165) is 39.4 Å². The summed E-state index contributed by atoms with van der Waals surface area (Å²) in [5, 5.41) is 1.18. The molecule has 0 aliphatic heterocycles. The van der Waals surface area contributed by atoms with Crippen LogP contribution in [0.5, 0.6) is 0 Å². The van der Waals surface area contributed by atoms with E-state index in [1.807, 2.05) is 36.5 Å². The molecule has 0 saturated heterocycles. The lowest BCUT2D eigenvalue weighted by Gasteiger charge is -2.24. The van der Waals surface area contributed by atoms with E-state index in [1.54, 1.807) is 0 Å². The highest BCUT2D eigenvalue weighted by Crippen LogP contribution is 2.53. The minimum atomic E-state index is -0.242. The molecule has 0 bridgehead atoms. The summed E-state index contributed by atoms with van der Waals surface area (Å²) in [6, 6.07) is 29.0. The van der Waals surface area contributed by atoms with Gasteiger partial charge in [-0.05, 0) is 11.6 Å². The molecular formula is C28H21N3. The molecule has 0 fully saturated rings. The van der Waals surface area contributed by atoms with Gasteiger partial charge in [-0.25, -0.2) is 9.97 Å². The van der Waals surface area contributed by atoms with E-state index in [-0.39, 0.29) is 5.41 Å². The van der Waals surface area contributed by atoms with Crippen molar-refractivity contribution in [3.8, 4) is 33.9 Å². The number of hydrogen-bond acceptors (Lipinski definition) is 3. The Balaban J connectivity index is 1.73. The molecular weight excluding hydrogens is 378 g/mol. The summed E-state index contributed by atoms with van der Waals surface area (Å²) >= 11 is 0. The highest BCUT2D eigenvalue weighted by molar-refractivity contribution is 5.96. The van der Waals surface area contributed by atoms with Crippen molar-refractivity contribution in [1.82, 2.24) is 15.0 Å². The molecule has 5 aromatic rings. The van der Waals surface area contributed by atoms with Crippen molar-refractivity contribution in [3.63, 3.8) is 0 Å². The lowest BCUT2D eigenvalue weighted by molar-refractivity contribution is 0.663. The predicted molar refractivity (Wildman–Crippen MR) is 126 cm³/mol. The first kappa shape index (κ1) is 18.0. The summed E-state index contributed by atoms with van der Waals surface area (Å²) in [5.74, 6) is 0.745. The molecule has 1 aliphatic carbocycles. The van der Waals surface area contributed by atoms with Crippen LogP contribution in [0.1, 0.15) is 25.0 Å². The van der Waals surface area contributed by atoms with Gasteiger partial charge in [-0.1, -0.05) is 92.7 Å². The predicted octanol–water partition coefficient (Wildman–Crippen LogP) is 6.67. The SMILES string of the molecule is CC1(C)c2c(-c3ccccc3)nc(-c3ccccc3)nc2-c2cnc3ccccc3c21. The third-order valence-electron chi connectivity index (χ3n) is 6.27. The number of hydrogen-bond donors (Lipinski definition) is 0. The molecule has 2 heterocycles. The molecule has 148 valence electrons. The Labute approximate surface area is 181 Å². The Morgan fingerprint density at radius 1 is 0.613 bits per heavy atom. The lowest BCUT2D eigenvalue weighted by Crippen LogP contribution is -2.18. The second-order valence-electron chi connectivity index (χ2n) is 8.54. The van der Waals surface area contributed by atoms with Crippen molar-refractivity contribution in [2.24, 2.45) is 0 Å². The molecule has 2 aromatic heterocycles. The largest absolute Gasteiger partial charge is 0.256 e. The molecule has 6 rings (SSSR count). The highest BCUT2D eigenvalue weighted by atomic mass is 14.9. The molecule has 0 N–H and O–H groups in total. The molecule has 0 saturated carbocycles. The van der Waals surface area contributed by atoms with Crippen LogP contribution in [0, 0.1) is 0 Å². The zero-order valence-electron chi connectivity index (χ0n) is 17.5. The van der Waals surface area contributed by atoms with Crippen molar-refractivity contribution in [1.29, 1.82) is 0 Å². The van der Waals surface area contributed by atoms with Crippen molar-refractivity contribution in [2.75, 3.05) is 0 Å². The fourth-order valence-electron chi connectivity index (χ4n) is 4.89. The Kier molecular flexibility index (Phi) is 3.81. The molecule has 0 unspecified atom stereocenters. The maximum atomic E-state index is 5.11. The third kappa shape index (κ3) is 2.63. The van der Waals surface area contributed by atoms with E-state index in [1.165, 1.54) is 16.5 Å². The standard InChI is InChI=1S/C28H21N3/c1-28(2)23-20-15-9-10-16-22(20)29-17-21(23)26-24(28)25(18-11-5-3-6-12-18)30-27(31-26)19-13-7-4-8-14-19/h3-17H,1-2H3. The fraction of sp³-hybridized carbons (Fsp3) is 0.107. The average Bonchev–Trinajstić information content (AvgIpc) is 3.07. The van der Waals surface area contributed by atoms with E-state index >= 15 is 0 Å². The Morgan fingerprint density at radius 2 is 1.23 bits per heavy atom. The zero-order valence-corrected chi connectivity index (χ0v) is 17.5. The number of pyridine rings is 1. The van der Waals surface area contributed by atoms with E-state index in [9.17, 15) is 0 Å². The van der Waals surface area contributed by atoms with Gasteiger partial charge in [-0.2, -0.15) is 0 Å². The smallest absolute Gasteiger partial charge is 0.160 e. The first-order valence-electron chi connectivity index (χ1n) is 10.6. The van der Waals surface area contributed by atoms with Gasteiger partial charge < -0.3 is 0 Å². The van der Waals surface area contributed by atoms with Gasteiger partial charge >= 0.3 is 0 Å². The normalized spacial score (nSPS) is 13.7. The quantitative estimate of drug-likeness (QED) is 0.333. The van der Waals surface area contributed by atoms with Gasteiger partial charge in [0.2, 0.25) is 0 Å². The highest BCUT2D eigenvalue weighted by Gasteiger charge is 2.41. The second kappa shape index (κ2) is 6.58. The van der Waals surface area contributed by atoms with E-state index in [0.29, 0.717) is 0 Å². The molecule has 3 nitrogen and oxygen atoms in total. The van der Waals surface area contributed by atoms with Crippen molar-refractivity contribution >= 4 is 10.9 Å². The number of nitrogens with zero attached hydrogens (tertiary/aromatic N) is 3. The topological polar surface area (TPSA) is 38.7 Å². The fourth-order valence-corrected chi connectivity index (χ4v) is 4.89. The van der Waals surface area contributed by atoms with E-state index < -0.39 is 0 Å². The number of para-hydroxylation sites is 1. The first-order chi connectivity index (χ1) is 15.1. The first-order valence-corrected chi connectivity index (χ1v) is 10.6. The minimum absolute atomic E-state index is 0.242. The maximum Gasteiger partial charge on any atom is 0.160 e. The molecule has 0 atom stereocenters. The van der Waals surface area contributed by atoms with Gasteiger partial charge in [-0.3, -0.25) is 4.98 Å². The van der Waals surface area contributed by atoms with Gasteiger partial charge in [0, 0.05) is 39.3 Å². The summed E-state index contributed by atoms with van der Waals surface area (Å²) in [5.41, 5.74) is 8.44. The molecule has 0 amide bonds. The molecule has 3 aromatic carbocycles. The van der Waals surface area contributed by atoms with Crippen LogP contribution >= 0.6 is 0 Å². The van der Waals surface area contributed by atoms with Gasteiger partial charge in [0.15, 0.2) is 5.82 Å². The molecule has 3 heteroatoms. The maximum absolute atomic E-state index is 5.11. The number of benzene rings is 3. The summed E-state index contributed by atoms with van der Waals surface area (Å²) in [6.45, 7) is 4.56. The summed E-state index contributed by atoms with van der Waals surface area (Å²) in [4.78, 5) is 15.0. The summed E-state index contributed by atoms with van der Waals surface area (Å²) in [7, 11) is 0. The molecule has 31 heavy (non-hydrogen) atoms. The van der Waals surface area contributed by atoms with Gasteiger partial charge in [-0.15, -0.1) is 0 Å². The zero-order chi connectivity index (χ0) is 21.0. The van der Waals surface area contributed by atoms with Crippen LogP contribution in [0.15, 0.2) is 91.1 Å². The second-order valence-corrected chi connectivity index (χ2v) is 8.54. The van der Waals surface area contributed by atoms with Crippen LogP contribution in [-0.2, 0) is 5.41 Å².